The molecule has 2 fully saturated rings. The van der Waals surface area contributed by atoms with Gasteiger partial charge in [0, 0.05) is 36.7 Å². The molecule has 0 atom stereocenters. The van der Waals surface area contributed by atoms with Gasteiger partial charge in [-0.1, -0.05) is 12.8 Å². The summed E-state index contributed by atoms with van der Waals surface area (Å²) in [6.07, 6.45) is 4.80. The van der Waals surface area contributed by atoms with Crippen LogP contribution in [-0.4, -0.2) is 66.5 Å². The monoisotopic (exact) mass is 386 g/mol. The Balaban J connectivity index is 0.00000242. The Kier molecular flexibility index (Phi) is 11.3. The molecule has 0 bridgehead atoms. The summed E-state index contributed by atoms with van der Waals surface area (Å²) in [5, 5.41) is 5.51. The molecule has 0 aromatic carbocycles. The van der Waals surface area contributed by atoms with Crippen molar-refractivity contribution in [2.24, 2.45) is 5.73 Å². The van der Waals surface area contributed by atoms with Crippen LogP contribution in [-0.2, 0) is 9.59 Å². The Morgan fingerprint density at radius 3 is 2.22 bits per heavy atom. The van der Waals surface area contributed by atoms with Gasteiger partial charge >= 0.3 is 0 Å². The second kappa shape index (κ2) is 11.4. The number of hydrogen-bond acceptors (Lipinski definition) is 5. The first-order valence-electron chi connectivity index (χ1n) is 7.72. The summed E-state index contributed by atoms with van der Waals surface area (Å²) in [6.45, 7) is 2.86. The Morgan fingerprint density at radius 1 is 1.04 bits per heavy atom. The van der Waals surface area contributed by atoms with Gasteiger partial charge in [-0.3, -0.25) is 14.5 Å². The molecule has 136 valence electrons. The Hall–Kier alpha value is -0.210. The lowest BCUT2D eigenvalue weighted by molar-refractivity contribution is -0.125. The van der Waals surface area contributed by atoms with Crippen LogP contribution in [0.1, 0.15) is 25.7 Å². The molecule has 9 heteroatoms. The maximum absolute atomic E-state index is 11.9. The third-order valence-corrected chi connectivity index (χ3v) is 5.40. The van der Waals surface area contributed by atoms with Gasteiger partial charge in [0.2, 0.25) is 11.8 Å². The highest BCUT2D eigenvalue weighted by molar-refractivity contribution is 7.99. The van der Waals surface area contributed by atoms with Crippen LogP contribution < -0.4 is 16.4 Å². The molecule has 0 aromatic heterocycles. The number of carbonyl (C=O) groups excluding carboxylic acids is 2. The van der Waals surface area contributed by atoms with E-state index in [9.17, 15) is 9.59 Å². The van der Waals surface area contributed by atoms with Gasteiger partial charge in [0.05, 0.1) is 13.1 Å². The molecule has 1 saturated carbocycles. The van der Waals surface area contributed by atoms with E-state index in [2.05, 4.69) is 15.5 Å². The van der Waals surface area contributed by atoms with E-state index >= 15 is 0 Å². The summed E-state index contributed by atoms with van der Waals surface area (Å²) >= 11 is 2.01. The molecule has 4 N–H and O–H groups in total. The zero-order valence-electron chi connectivity index (χ0n) is 13.3. The summed E-state index contributed by atoms with van der Waals surface area (Å²) in [5.41, 5.74) is 5.33. The predicted molar refractivity (Wildman–Crippen MR) is 99.7 cm³/mol. The second-order valence-electron chi connectivity index (χ2n) is 5.79. The minimum absolute atomic E-state index is 0. The standard InChI is InChI=1S/C14H26N4O2S.2ClH/c15-9-12(19)16-10-13(20)17-11-14(3-1-2-4-14)18-5-7-21-8-6-18;;/h1-11,15H2,(H,16,19)(H,17,20);2*1H. The number of nitrogens with one attached hydrogen (secondary N) is 2. The summed E-state index contributed by atoms with van der Waals surface area (Å²) in [5.74, 6) is 1.94. The predicted octanol–water partition coefficient (Wildman–Crippen LogP) is 0.383. The molecule has 1 aliphatic carbocycles. The van der Waals surface area contributed by atoms with E-state index in [1.807, 2.05) is 11.8 Å². The van der Waals surface area contributed by atoms with Crippen LogP contribution in [0.4, 0.5) is 0 Å². The van der Waals surface area contributed by atoms with Crippen LogP contribution in [0.2, 0.25) is 0 Å². The smallest absolute Gasteiger partial charge is 0.239 e. The highest BCUT2D eigenvalue weighted by atomic mass is 35.5. The normalized spacial score (nSPS) is 20.0. The number of hydrogen-bond donors (Lipinski definition) is 3. The van der Waals surface area contributed by atoms with E-state index in [0.717, 1.165) is 25.9 Å². The van der Waals surface area contributed by atoms with Crippen LogP contribution in [0.3, 0.4) is 0 Å². The molecule has 0 radical (unpaired) electrons. The van der Waals surface area contributed by atoms with Crippen LogP contribution in [0, 0.1) is 0 Å². The van der Waals surface area contributed by atoms with Gasteiger partial charge < -0.3 is 16.4 Å². The molecular weight excluding hydrogens is 359 g/mol. The van der Waals surface area contributed by atoms with Crippen molar-refractivity contribution in [3.05, 3.63) is 0 Å². The zero-order valence-corrected chi connectivity index (χ0v) is 15.8. The minimum atomic E-state index is -0.297. The van der Waals surface area contributed by atoms with Crippen molar-refractivity contribution in [3.63, 3.8) is 0 Å². The number of rotatable bonds is 6. The van der Waals surface area contributed by atoms with E-state index in [-0.39, 0.29) is 55.3 Å². The third kappa shape index (κ3) is 6.66. The number of amides is 2. The van der Waals surface area contributed by atoms with Crippen LogP contribution >= 0.6 is 36.6 Å². The van der Waals surface area contributed by atoms with Gasteiger partial charge in [-0.25, -0.2) is 0 Å². The Labute approximate surface area is 154 Å². The van der Waals surface area contributed by atoms with Gasteiger partial charge in [0.25, 0.3) is 0 Å². The van der Waals surface area contributed by atoms with E-state index in [4.69, 9.17) is 5.73 Å². The molecule has 1 saturated heterocycles. The number of thioether (sulfide) groups is 1. The molecule has 2 rings (SSSR count). The maximum atomic E-state index is 11.9. The van der Waals surface area contributed by atoms with Crippen LogP contribution in [0.25, 0.3) is 0 Å². The van der Waals surface area contributed by atoms with Crippen molar-refractivity contribution in [2.45, 2.75) is 31.2 Å². The summed E-state index contributed by atoms with van der Waals surface area (Å²) < 4.78 is 0. The van der Waals surface area contributed by atoms with Crippen molar-refractivity contribution in [1.82, 2.24) is 15.5 Å². The highest BCUT2D eigenvalue weighted by Gasteiger charge is 2.40. The summed E-state index contributed by atoms with van der Waals surface area (Å²) in [4.78, 5) is 25.5. The maximum Gasteiger partial charge on any atom is 0.239 e. The molecule has 1 heterocycles. The van der Waals surface area contributed by atoms with Crippen molar-refractivity contribution >= 4 is 48.4 Å². The molecule has 1 aliphatic heterocycles. The van der Waals surface area contributed by atoms with Gasteiger partial charge in [0.15, 0.2) is 0 Å². The second-order valence-corrected chi connectivity index (χ2v) is 7.01. The molecular formula is C14H28Cl2N4O2S. The first-order chi connectivity index (χ1) is 10.2. The lowest BCUT2D eigenvalue weighted by Gasteiger charge is -2.43. The fourth-order valence-corrected chi connectivity index (χ4v) is 4.16. The van der Waals surface area contributed by atoms with E-state index in [1.54, 1.807) is 0 Å². The zero-order chi connectivity index (χ0) is 15.1. The number of nitrogens with two attached hydrogens (primary N) is 1. The molecule has 6 nitrogen and oxygen atoms in total. The quantitative estimate of drug-likeness (QED) is 0.614. The first-order valence-corrected chi connectivity index (χ1v) is 8.88. The van der Waals surface area contributed by atoms with Crippen LogP contribution in [0.15, 0.2) is 0 Å². The van der Waals surface area contributed by atoms with Crippen molar-refractivity contribution in [2.75, 3.05) is 44.2 Å². The van der Waals surface area contributed by atoms with Crippen molar-refractivity contribution in [1.29, 1.82) is 0 Å². The molecule has 23 heavy (non-hydrogen) atoms. The summed E-state index contributed by atoms with van der Waals surface area (Å²) in [6, 6.07) is 0. The van der Waals surface area contributed by atoms with Gasteiger partial charge in [-0.05, 0) is 12.8 Å². The topological polar surface area (TPSA) is 87.5 Å². The van der Waals surface area contributed by atoms with E-state index < -0.39 is 0 Å². The average Bonchev–Trinajstić information content (AvgIpc) is 3.01. The highest BCUT2D eigenvalue weighted by Crippen LogP contribution is 2.36. The minimum Gasteiger partial charge on any atom is -0.353 e. The van der Waals surface area contributed by atoms with Gasteiger partial charge in [-0.15, -0.1) is 24.8 Å². The van der Waals surface area contributed by atoms with Gasteiger partial charge in [-0.2, -0.15) is 11.8 Å². The van der Waals surface area contributed by atoms with Crippen LogP contribution in [0.5, 0.6) is 0 Å². The van der Waals surface area contributed by atoms with Crippen molar-refractivity contribution in [3.8, 4) is 0 Å². The SMILES string of the molecule is Cl.Cl.NCC(=O)NCC(=O)NCC1(N2CCSCC2)CCCC1. The fourth-order valence-electron chi connectivity index (χ4n) is 3.25. The van der Waals surface area contributed by atoms with Gasteiger partial charge in [0.1, 0.15) is 0 Å². The fraction of sp³-hybridized carbons (Fsp3) is 0.857. The van der Waals surface area contributed by atoms with E-state index in [0.29, 0.717) is 6.54 Å². The molecule has 0 aromatic rings. The lowest BCUT2D eigenvalue weighted by atomic mass is 9.94. The Morgan fingerprint density at radius 2 is 1.65 bits per heavy atom. The molecule has 2 amide bonds. The number of halogens is 2. The lowest BCUT2D eigenvalue weighted by Crippen LogP contribution is -2.57. The molecule has 2 aliphatic rings. The Bertz CT molecular complexity index is 376. The first kappa shape index (κ1) is 22.8. The largest absolute Gasteiger partial charge is 0.353 e. The third-order valence-electron chi connectivity index (χ3n) is 4.46. The molecule has 0 unspecified atom stereocenters. The summed E-state index contributed by atoms with van der Waals surface area (Å²) in [7, 11) is 0. The van der Waals surface area contributed by atoms with E-state index in [1.165, 1.54) is 24.3 Å². The average molecular weight is 387 g/mol. The van der Waals surface area contributed by atoms with Crippen molar-refractivity contribution < 1.29 is 9.59 Å². The number of nitrogens with zero attached hydrogens (tertiary/aromatic N) is 1. The molecule has 0 spiro atoms. The number of carbonyl (C=O) groups is 2.